The Morgan fingerprint density at radius 2 is 2.27 bits per heavy atom. The highest BCUT2D eigenvalue weighted by atomic mass is 16.3. The highest BCUT2D eigenvalue weighted by Gasteiger charge is 2.35. The summed E-state index contributed by atoms with van der Waals surface area (Å²) in [5.74, 6) is 0. The Labute approximate surface area is 89.1 Å². The third-order valence-electron chi connectivity index (χ3n) is 2.81. The molecule has 2 rings (SSSR count). The number of allylic oxidation sites excluding steroid dienone is 1. The van der Waals surface area contributed by atoms with Crippen LogP contribution in [0.3, 0.4) is 0 Å². The molecule has 15 heavy (non-hydrogen) atoms. The third kappa shape index (κ3) is 1.67. The number of aliphatic hydroxyl groups excluding tert-OH is 1. The molecule has 0 bridgehead atoms. The highest BCUT2D eigenvalue weighted by molar-refractivity contribution is 5.78. The monoisotopic (exact) mass is 211 g/mol. The van der Waals surface area contributed by atoms with Crippen LogP contribution in [0.4, 0.5) is 4.79 Å². The normalized spacial score (nSPS) is 26.3. The van der Waals surface area contributed by atoms with E-state index in [0.29, 0.717) is 0 Å². The lowest BCUT2D eigenvalue weighted by Gasteiger charge is -2.40. The smallest absolute Gasteiger partial charge is 0.324 e. The van der Waals surface area contributed by atoms with Crippen molar-refractivity contribution < 1.29 is 9.90 Å². The molecular formula is C10H17N3O2. The first-order chi connectivity index (χ1) is 7.11. The summed E-state index contributed by atoms with van der Waals surface area (Å²) in [5.41, 5.74) is 1.60. The van der Waals surface area contributed by atoms with Gasteiger partial charge in [-0.2, -0.15) is 0 Å². The van der Waals surface area contributed by atoms with Crippen molar-refractivity contribution >= 4 is 6.03 Å². The van der Waals surface area contributed by atoms with Crippen molar-refractivity contribution in [3.05, 3.63) is 11.4 Å². The Balaban J connectivity index is 2.29. The summed E-state index contributed by atoms with van der Waals surface area (Å²) in [5, 5.41) is 16.0. The molecule has 0 aromatic heterocycles. The molecule has 0 aromatic rings. The first kappa shape index (κ1) is 10.3. The average molecular weight is 211 g/mol. The van der Waals surface area contributed by atoms with Crippen LogP contribution in [0.25, 0.3) is 0 Å². The Kier molecular flexibility index (Phi) is 2.56. The first-order valence-corrected chi connectivity index (χ1v) is 5.35. The Hall–Kier alpha value is -1.23. The van der Waals surface area contributed by atoms with E-state index in [0.717, 1.165) is 30.8 Å². The van der Waals surface area contributed by atoms with Gasteiger partial charge in [0, 0.05) is 18.3 Å². The van der Waals surface area contributed by atoms with Crippen molar-refractivity contribution in [2.45, 2.75) is 39.0 Å². The number of hydrogen-bond donors (Lipinski definition) is 3. The summed E-state index contributed by atoms with van der Waals surface area (Å²) >= 11 is 0. The van der Waals surface area contributed by atoms with Crippen molar-refractivity contribution in [1.82, 2.24) is 15.5 Å². The molecule has 0 spiro atoms. The summed E-state index contributed by atoms with van der Waals surface area (Å²) in [7, 11) is 0. The van der Waals surface area contributed by atoms with Crippen LogP contribution in [-0.4, -0.2) is 34.9 Å². The van der Waals surface area contributed by atoms with Gasteiger partial charge in [-0.15, -0.1) is 0 Å². The lowest BCUT2D eigenvalue weighted by atomic mass is 10.1. The van der Waals surface area contributed by atoms with Crippen LogP contribution in [0.2, 0.25) is 0 Å². The molecule has 2 amide bonds. The molecule has 3 N–H and O–H groups in total. The number of amides is 2. The van der Waals surface area contributed by atoms with Crippen molar-refractivity contribution in [1.29, 1.82) is 0 Å². The maximum absolute atomic E-state index is 11.7. The molecule has 84 valence electrons. The Morgan fingerprint density at radius 3 is 2.93 bits per heavy atom. The van der Waals surface area contributed by atoms with Crippen molar-refractivity contribution in [3.63, 3.8) is 0 Å². The van der Waals surface area contributed by atoms with Gasteiger partial charge in [0.05, 0.1) is 5.70 Å². The molecular weight excluding hydrogens is 194 g/mol. The van der Waals surface area contributed by atoms with E-state index in [9.17, 15) is 9.90 Å². The van der Waals surface area contributed by atoms with Gasteiger partial charge in [0.2, 0.25) is 0 Å². The number of nitrogens with zero attached hydrogens (tertiary/aromatic N) is 1. The first-order valence-electron chi connectivity index (χ1n) is 5.35. The summed E-state index contributed by atoms with van der Waals surface area (Å²) in [6.45, 7) is 4.63. The van der Waals surface area contributed by atoms with Gasteiger partial charge in [-0.3, -0.25) is 4.90 Å². The summed E-state index contributed by atoms with van der Waals surface area (Å²) < 4.78 is 0. The molecule has 5 heteroatoms. The predicted octanol–water partition coefficient (Wildman–Crippen LogP) is 0.333. The number of nitrogens with one attached hydrogen (secondary N) is 2. The second-order valence-corrected chi connectivity index (χ2v) is 4.23. The average Bonchev–Trinajstić information content (AvgIpc) is 2.17. The van der Waals surface area contributed by atoms with Gasteiger partial charge in [0.1, 0.15) is 0 Å². The largest absolute Gasteiger partial charge is 0.383 e. The SMILES string of the molecule is CC(C)N1C(=O)NC2=C(NCCC2)C1O. The van der Waals surface area contributed by atoms with Crippen LogP contribution < -0.4 is 10.6 Å². The van der Waals surface area contributed by atoms with Gasteiger partial charge < -0.3 is 15.7 Å². The summed E-state index contributed by atoms with van der Waals surface area (Å²) in [6, 6.07) is -0.224. The molecule has 0 radical (unpaired) electrons. The highest BCUT2D eigenvalue weighted by Crippen LogP contribution is 2.23. The van der Waals surface area contributed by atoms with E-state index in [2.05, 4.69) is 10.6 Å². The zero-order valence-electron chi connectivity index (χ0n) is 9.08. The number of aliphatic hydroxyl groups is 1. The fourth-order valence-corrected chi connectivity index (χ4v) is 2.07. The maximum Gasteiger partial charge on any atom is 0.324 e. The van der Waals surface area contributed by atoms with Crippen LogP contribution in [0.1, 0.15) is 26.7 Å². The van der Waals surface area contributed by atoms with E-state index in [4.69, 9.17) is 0 Å². The van der Waals surface area contributed by atoms with Crippen LogP contribution in [0.15, 0.2) is 11.4 Å². The zero-order chi connectivity index (χ0) is 11.0. The molecule has 2 heterocycles. The van der Waals surface area contributed by atoms with Crippen LogP contribution in [0.5, 0.6) is 0 Å². The van der Waals surface area contributed by atoms with Gasteiger partial charge in [-0.05, 0) is 26.7 Å². The summed E-state index contributed by atoms with van der Waals surface area (Å²) in [6.07, 6.45) is 0.999. The molecule has 2 aliphatic rings. The van der Waals surface area contributed by atoms with Crippen molar-refractivity contribution in [2.75, 3.05) is 6.54 Å². The number of carbonyl (C=O) groups excluding carboxylic acids is 1. The number of hydrogen-bond acceptors (Lipinski definition) is 3. The van der Waals surface area contributed by atoms with Crippen LogP contribution in [-0.2, 0) is 0 Å². The molecule has 0 saturated carbocycles. The zero-order valence-corrected chi connectivity index (χ0v) is 9.08. The fraction of sp³-hybridized carbons (Fsp3) is 0.700. The quantitative estimate of drug-likeness (QED) is 0.586. The molecule has 2 aliphatic heterocycles. The Bertz CT molecular complexity index is 312. The molecule has 0 fully saturated rings. The van der Waals surface area contributed by atoms with Gasteiger partial charge >= 0.3 is 6.03 Å². The lowest BCUT2D eigenvalue weighted by Crippen LogP contribution is -2.57. The topological polar surface area (TPSA) is 64.6 Å². The number of urea groups is 1. The second-order valence-electron chi connectivity index (χ2n) is 4.23. The van der Waals surface area contributed by atoms with Crippen LogP contribution in [0, 0.1) is 0 Å². The van der Waals surface area contributed by atoms with E-state index in [-0.39, 0.29) is 12.1 Å². The number of carbonyl (C=O) groups is 1. The Morgan fingerprint density at radius 1 is 1.53 bits per heavy atom. The van der Waals surface area contributed by atoms with Crippen molar-refractivity contribution in [2.24, 2.45) is 0 Å². The summed E-state index contributed by atoms with van der Waals surface area (Å²) in [4.78, 5) is 13.1. The van der Waals surface area contributed by atoms with E-state index >= 15 is 0 Å². The molecule has 0 saturated heterocycles. The van der Waals surface area contributed by atoms with Gasteiger partial charge in [-0.25, -0.2) is 4.79 Å². The molecule has 5 nitrogen and oxygen atoms in total. The minimum atomic E-state index is -0.825. The van der Waals surface area contributed by atoms with E-state index in [1.54, 1.807) is 0 Å². The van der Waals surface area contributed by atoms with Gasteiger partial charge in [0.15, 0.2) is 6.23 Å². The van der Waals surface area contributed by atoms with E-state index < -0.39 is 6.23 Å². The van der Waals surface area contributed by atoms with Crippen molar-refractivity contribution in [3.8, 4) is 0 Å². The second kappa shape index (κ2) is 3.73. The third-order valence-corrected chi connectivity index (χ3v) is 2.81. The fourth-order valence-electron chi connectivity index (χ4n) is 2.07. The molecule has 1 unspecified atom stereocenters. The predicted molar refractivity (Wildman–Crippen MR) is 55.8 cm³/mol. The van der Waals surface area contributed by atoms with E-state index in [1.165, 1.54) is 4.90 Å². The maximum atomic E-state index is 11.7. The molecule has 0 aliphatic carbocycles. The molecule has 0 aromatic carbocycles. The van der Waals surface area contributed by atoms with E-state index in [1.807, 2.05) is 13.8 Å². The minimum absolute atomic E-state index is 0.0159. The lowest BCUT2D eigenvalue weighted by molar-refractivity contribution is 0.0266. The van der Waals surface area contributed by atoms with Gasteiger partial charge in [-0.1, -0.05) is 0 Å². The number of rotatable bonds is 1. The molecule has 1 atom stereocenters. The van der Waals surface area contributed by atoms with Crippen LogP contribution >= 0.6 is 0 Å². The minimum Gasteiger partial charge on any atom is -0.383 e. The van der Waals surface area contributed by atoms with Gasteiger partial charge in [0.25, 0.3) is 0 Å². The standard InChI is InChI=1S/C10H17N3O2/c1-6(2)13-9(14)8-7(12-10(13)15)4-3-5-11-8/h6,9,11,14H,3-5H2,1-2H3,(H,12,15).